The maximum absolute atomic E-state index is 10.9. The summed E-state index contributed by atoms with van der Waals surface area (Å²) in [5.74, 6) is 0. The fourth-order valence-electron chi connectivity index (χ4n) is 0.987. The molecular weight excluding hydrogens is 436 g/mol. The monoisotopic (exact) mass is 436 g/mol. The summed E-state index contributed by atoms with van der Waals surface area (Å²) >= 11 is 9.84. The summed E-state index contributed by atoms with van der Waals surface area (Å²) in [4.78, 5) is 0. The zero-order chi connectivity index (χ0) is 11.9. The van der Waals surface area contributed by atoms with Crippen LogP contribution in [0.25, 0.3) is 0 Å². The minimum absolute atomic E-state index is 0.426. The standard InChI is InChI=1S/C6H3Br3N2O4S/c7-3-1-2-4(8)6(5(3)9)11-10-14-16(12,13)15-11/h1-2,10H. The van der Waals surface area contributed by atoms with Gasteiger partial charge in [-0.1, -0.05) is 5.59 Å². The van der Waals surface area contributed by atoms with E-state index in [9.17, 15) is 8.42 Å². The predicted octanol–water partition coefficient (Wildman–Crippen LogP) is 2.41. The number of hydrazine groups is 1. The number of nitrogens with one attached hydrogen (secondary N) is 1. The highest BCUT2D eigenvalue weighted by Crippen LogP contribution is 2.39. The molecule has 0 amide bonds. The van der Waals surface area contributed by atoms with E-state index in [1.165, 1.54) is 0 Å². The van der Waals surface area contributed by atoms with Gasteiger partial charge in [-0.3, -0.25) is 0 Å². The molecule has 0 radical (unpaired) electrons. The van der Waals surface area contributed by atoms with E-state index < -0.39 is 10.4 Å². The first-order valence-corrected chi connectivity index (χ1v) is 7.44. The van der Waals surface area contributed by atoms with Gasteiger partial charge in [0.25, 0.3) is 0 Å². The Hall–Kier alpha value is 0.290. The van der Waals surface area contributed by atoms with Crippen molar-refractivity contribution in [3.8, 4) is 0 Å². The Morgan fingerprint density at radius 2 is 1.81 bits per heavy atom. The van der Waals surface area contributed by atoms with Crippen molar-refractivity contribution in [2.45, 2.75) is 0 Å². The molecule has 1 aromatic rings. The molecule has 0 aromatic heterocycles. The van der Waals surface area contributed by atoms with Crippen LogP contribution in [0.1, 0.15) is 0 Å². The average Bonchev–Trinajstić information content (AvgIpc) is 2.53. The highest BCUT2D eigenvalue weighted by molar-refractivity contribution is 9.13. The Bertz CT molecular complexity index is 535. The van der Waals surface area contributed by atoms with Crippen molar-refractivity contribution in [3.63, 3.8) is 0 Å². The first-order valence-electron chi connectivity index (χ1n) is 3.73. The molecule has 0 saturated carbocycles. The summed E-state index contributed by atoms with van der Waals surface area (Å²) in [6, 6.07) is 3.50. The second-order valence-corrected chi connectivity index (χ2v) is 6.28. The normalized spacial score (nSPS) is 19.1. The van der Waals surface area contributed by atoms with Crippen LogP contribution in [0.2, 0.25) is 0 Å². The zero-order valence-corrected chi connectivity index (χ0v) is 12.9. The van der Waals surface area contributed by atoms with Gasteiger partial charge in [0, 0.05) is 8.95 Å². The van der Waals surface area contributed by atoms with Crippen LogP contribution in [0.3, 0.4) is 0 Å². The molecule has 1 aliphatic heterocycles. The lowest BCUT2D eigenvalue weighted by Gasteiger charge is -2.15. The topological polar surface area (TPSA) is 67.9 Å². The van der Waals surface area contributed by atoms with Crippen molar-refractivity contribution in [2.75, 3.05) is 5.17 Å². The smallest absolute Gasteiger partial charge is 0.165 e. The first kappa shape index (κ1) is 12.7. The van der Waals surface area contributed by atoms with Gasteiger partial charge in [-0.2, -0.15) is 8.42 Å². The molecule has 1 N–H and O–H groups in total. The van der Waals surface area contributed by atoms with Gasteiger partial charge in [0.1, 0.15) is 5.69 Å². The van der Waals surface area contributed by atoms with E-state index in [2.05, 4.69) is 61.9 Å². The minimum Gasteiger partial charge on any atom is -0.165 e. The largest absolute Gasteiger partial charge is 0.440 e. The van der Waals surface area contributed by atoms with Crippen molar-refractivity contribution in [2.24, 2.45) is 0 Å². The molecule has 6 nitrogen and oxygen atoms in total. The molecule has 16 heavy (non-hydrogen) atoms. The van der Waals surface area contributed by atoms with Crippen LogP contribution in [-0.4, -0.2) is 8.42 Å². The number of benzene rings is 1. The van der Waals surface area contributed by atoms with Crippen LogP contribution in [-0.2, 0) is 19.0 Å². The van der Waals surface area contributed by atoms with Crippen molar-refractivity contribution in [3.05, 3.63) is 25.6 Å². The molecule has 0 aliphatic carbocycles. The summed E-state index contributed by atoms with van der Waals surface area (Å²) in [7, 11) is -4.03. The third-order valence-corrected chi connectivity index (χ3v) is 4.86. The summed E-state index contributed by atoms with van der Waals surface area (Å²) < 4.78 is 32.6. The SMILES string of the molecule is O=S1(=O)ONN(c2c(Br)ccc(Br)c2Br)O1. The Labute approximate surface area is 116 Å². The lowest BCUT2D eigenvalue weighted by molar-refractivity contribution is 0.197. The maximum atomic E-state index is 10.9. The number of anilines is 1. The molecule has 0 unspecified atom stereocenters. The van der Waals surface area contributed by atoms with E-state index >= 15 is 0 Å². The van der Waals surface area contributed by atoms with Gasteiger partial charge in [0.2, 0.25) is 0 Å². The Morgan fingerprint density at radius 3 is 2.38 bits per heavy atom. The van der Waals surface area contributed by atoms with Gasteiger partial charge in [0.15, 0.2) is 0 Å². The summed E-state index contributed by atoms with van der Waals surface area (Å²) in [5.41, 5.74) is 2.54. The summed E-state index contributed by atoms with van der Waals surface area (Å²) in [6.45, 7) is 0. The molecule has 2 rings (SSSR count). The van der Waals surface area contributed by atoms with E-state index in [1.807, 2.05) is 0 Å². The van der Waals surface area contributed by atoms with Gasteiger partial charge in [-0.15, -0.1) is 13.7 Å². The fourth-order valence-corrected chi connectivity index (χ4v) is 3.05. The maximum Gasteiger partial charge on any atom is 0.440 e. The molecule has 0 bridgehead atoms. The fraction of sp³-hybridized carbons (Fsp3) is 0. The van der Waals surface area contributed by atoms with Crippen molar-refractivity contribution in [1.29, 1.82) is 0 Å². The van der Waals surface area contributed by atoms with Crippen LogP contribution in [0, 0.1) is 0 Å². The van der Waals surface area contributed by atoms with Gasteiger partial charge in [-0.05, 0) is 59.9 Å². The molecular formula is C6H3Br3N2O4S. The predicted molar refractivity (Wildman–Crippen MR) is 66.2 cm³/mol. The van der Waals surface area contributed by atoms with Gasteiger partial charge in [0.05, 0.1) is 4.47 Å². The molecule has 1 heterocycles. The Kier molecular flexibility index (Phi) is 3.60. The highest BCUT2D eigenvalue weighted by Gasteiger charge is 2.31. The van der Waals surface area contributed by atoms with Gasteiger partial charge >= 0.3 is 10.4 Å². The van der Waals surface area contributed by atoms with Gasteiger partial charge < -0.3 is 0 Å². The minimum atomic E-state index is -4.03. The average molecular weight is 439 g/mol. The van der Waals surface area contributed by atoms with Crippen LogP contribution < -0.4 is 10.8 Å². The lowest BCUT2D eigenvalue weighted by atomic mass is 10.3. The van der Waals surface area contributed by atoms with E-state index in [0.29, 0.717) is 14.6 Å². The van der Waals surface area contributed by atoms with Crippen LogP contribution >= 0.6 is 47.8 Å². The Balaban J connectivity index is 2.46. The molecule has 0 atom stereocenters. The number of halogens is 3. The number of nitrogens with zero attached hydrogens (tertiary/aromatic N) is 1. The van der Waals surface area contributed by atoms with E-state index in [4.69, 9.17) is 0 Å². The third kappa shape index (κ3) is 2.42. The highest BCUT2D eigenvalue weighted by atomic mass is 79.9. The van der Waals surface area contributed by atoms with Crippen molar-refractivity contribution >= 4 is 63.9 Å². The number of rotatable bonds is 1. The van der Waals surface area contributed by atoms with Crippen LogP contribution in [0.15, 0.2) is 25.6 Å². The van der Waals surface area contributed by atoms with E-state index in [1.54, 1.807) is 12.1 Å². The quantitative estimate of drug-likeness (QED) is 0.679. The molecule has 0 spiro atoms. The van der Waals surface area contributed by atoms with Gasteiger partial charge in [-0.25, -0.2) is 0 Å². The zero-order valence-electron chi connectivity index (χ0n) is 7.28. The molecule has 1 aliphatic rings. The number of hydrogen-bond donors (Lipinski definition) is 1. The second kappa shape index (κ2) is 4.52. The van der Waals surface area contributed by atoms with E-state index in [0.717, 1.165) is 9.64 Å². The lowest BCUT2D eigenvalue weighted by Crippen LogP contribution is -2.29. The molecule has 1 aromatic carbocycles. The Morgan fingerprint density at radius 1 is 1.19 bits per heavy atom. The number of hydrogen-bond acceptors (Lipinski definition) is 6. The third-order valence-electron chi connectivity index (χ3n) is 1.61. The van der Waals surface area contributed by atoms with Crippen molar-refractivity contribution in [1.82, 2.24) is 5.59 Å². The first-order chi connectivity index (χ1) is 7.41. The van der Waals surface area contributed by atoms with Crippen molar-refractivity contribution < 1.29 is 17.0 Å². The van der Waals surface area contributed by atoms with E-state index in [-0.39, 0.29) is 0 Å². The van der Waals surface area contributed by atoms with Crippen LogP contribution in [0.5, 0.6) is 0 Å². The van der Waals surface area contributed by atoms with Crippen LogP contribution in [0.4, 0.5) is 5.69 Å². The summed E-state index contributed by atoms with van der Waals surface area (Å²) in [6.07, 6.45) is 0. The molecule has 10 heteroatoms. The second-order valence-electron chi connectivity index (χ2n) is 2.64. The summed E-state index contributed by atoms with van der Waals surface area (Å²) in [5, 5.41) is 0.883. The molecule has 1 saturated heterocycles. The molecule has 88 valence electrons. The molecule has 1 fully saturated rings.